The van der Waals surface area contributed by atoms with Crippen molar-refractivity contribution in [1.82, 2.24) is 15.0 Å². The zero-order chi connectivity index (χ0) is 13.4. The van der Waals surface area contributed by atoms with E-state index < -0.39 is 5.82 Å². The highest BCUT2D eigenvalue weighted by atomic mass is 35.5. The Morgan fingerprint density at radius 2 is 2.05 bits per heavy atom. The first-order valence-electron chi connectivity index (χ1n) is 5.67. The smallest absolute Gasteiger partial charge is 0.180 e. The fraction of sp³-hybridized carbons (Fsp3) is 0.0769. The van der Waals surface area contributed by atoms with Crippen molar-refractivity contribution in [2.45, 2.75) is 0 Å². The Morgan fingerprint density at radius 3 is 2.79 bits per heavy atom. The number of hydrogen-bond donors (Lipinski definition) is 2. The van der Waals surface area contributed by atoms with Crippen LogP contribution in [0.4, 0.5) is 10.2 Å². The topological polar surface area (TPSA) is 53.6 Å². The third kappa shape index (κ3) is 2.13. The SMILES string of the molecule is CNc1ccc2[nH]c(-c3ccc(Cl)c(F)c3)nc2n1. The molecule has 2 aromatic heterocycles. The minimum atomic E-state index is -0.469. The summed E-state index contributed by atoms with van der Waals surface area (Å²) >= 11 is 5.66. The molecule has 0 fully saturated rings. The van der Waals surface area contributed by atoms with Crippen LogP contribution in [0.3, 0.4) is 0 Å². The quantitative estimate of drug-likeness (QED) is 0.754. The van der Waals surface area contributed by atoms with E-state index in [2.05, 4.69) is 20.3 Å². The summed E-state index contributed by atoms with van der Waals surface area (Å²) < 4.78 is 13.4. The number of aromatic amines is 1. The summed E-state index contributed by atoms with van der Waals surface area (Å²) in [5.74, 6) is 0.822. The molecular weight excluding hydrogens is 267 g/mol. The lowest BCUT2D eigenvalue weighted by Crippen LogP contribution is -1.91. The fourth-order valence-corrected chi connectivity index (χ4v) is 1.93. The predicted octanol–water partition coefficient (Wildman–Crippen LogP) is 3.46. The number of hydrogen-bond acceptors (Lipinski definition) is 3. The average Bonchev–Trinajstić information content (AvgIpc) is 2.84. The summed E-state index contributed by atoms with van der Waals surface area (Å²) in [6.45, 7) is 0. The molecule has 0 aliphatic rings. The lowest BCUT2D eigenvalue weighted by molar-refractivity contribution is 0.628. The van der Waals surface area contributed by atoms with Gasteiger partial charge in [-0.25, -0.2) is 14.4 Å². The Kier molecular flexibility index (Phi) is 2.83. The largest absolute Gasteiger partial charge is 0.373 e. The third-order valence-electron chi connectivity index (χ3n) is 2.80. The molecule has 4 nitrogen and oxygen atoms in total. The van der Waals surface area contributed by atoms with Gasteiger partial charge in [0.2, 0.25) is 0 Å². The standard InChI is InChI=1S/C13H10ClFN4/c1-16-11-5-4-10-13(18-11)19-12(17-10)7-2-3-8(14)9(15)6-7/h2-6H,1H3,(H2,16,17,18,19). The summed E-state index contributed by atoms with van der Waals surface area (Å²) in [7, 11) is 1.79. The molecule has 96 valence electrons. The fourth-order valence-electron chi connectivity index (χ4n) is 1.81. The number of imidazole rings is 1. The number of halogens is 2. The molecule has 0 aliphatic heterocycles. The molecule has 0 unspecified atom stereocenters. The highest BCUT2D eigenvalue weighted by molar-refractivity contribution is 6.30. The molecule has 0 atom stereocenters. The number of nitrogens with zero attached hydrogens (tertiary/aromatic N) is 2. The molecular formula is C13H10ClFN4. The zero-order valence-corrected chi connectivity index (χ0v) is 10.8. The van der Waals surface area contributed by atoms with Crippen molar-refractivity contribution < 1.29 is 4.39 Å². The van der Waals surface area contributed by atoms with Gasteiger partial charge < -0.3 is 10.3 Å². The molecule has 2 heterocycles. The Morgan fingerprint density at radius 1 is 1.21 bits per heavy atom. The molecule has 0 radical (unpaired) electrons. The number of fused-ring (bicyclic) bond motifs is 1. The zero-order valence-electron chi connectivity index (χ0n) is 10.0. The lowest BCUT2D eigenvalue weighted by Gasteiger charge is -1.97. The van der Waals surface area contributed by atoms with Gasteiger partial charge in [0.1, 0.15) is 17.5 Å². The van der Waals surface area contributed by atoms with Crippen LogP contribution in [0, 0.1) is 5.82 Å². The number of nitrogens with one attached hydrogen (secondary N) is 2. The van der Waals surface area contributed by atoms with Crippen molar-refractivity contribution in [3.63, 3.8) is 0 Å². The second kappa shape index (κ2) is 4.51. The van der Waals surface area contributed by atoms with Crippen LogP contribution in [-0.2, 0) is 0 Å². The molecule has 3 rings (SSSR count). The average molecular weight is 277 g/mol. The first-order valence-corrected chi connectivity index (χ1v) is 6.05. The summed E-state index contributed by atoms with van der Waals surface area (Å²) in [5, 5.41) is 3.04. The van der Waals surface area contributed by atoms with Gasteiger partial charge in [-0.3, -0.25) is 0 Å². The van der Waals surface area contributed by atoms with Crippen LogP contribution in [0.1, 0.15) is 0 Å². The molecule has 2 N–H and O–H groups in total. The Bertz CT molecular complexity index is 753. The maximum Gasteiger partial charge on any atom is 0.180 e. The van der Waals surface area contributed by atoms with E-state index >= 15 is 0 Å². The minimum Gasteiger partial charge on any atom is -0.373 e. The number of pyridine rings is 1. The third-order valence-corrected chi connectivity index (χ3v) is 3.10. The Hall–Kier alpha value is -2.14. The van der Waals surface area contributed by atoms with Crippen LogP contribution in [0.5, 0.6) is 0 Å². The van der Waals surface area contributed by atoms with E-state index in [4.69, 9.17) is 11.6 Å². The first kappa shape index (κ1) is 11.9. The molecule has 0 spiro atoms. The van der Waals surface area contributed by atoms with Crippen LogP contribution >= 0.6 is 11.6 Å². The van der Waals surface area contributed by atoms with E-state index in [1.807, 2.05) is 12.1 Å². The molecule has 0 saturated carbocycles. The van der Waals surface area contributed by atoms with Crippen LogP contribution in [0.25, 0.3) is 22.6 Å². The van der Waals surface area contributed by atoms with Gasteiger partial charge >= 0.3 is 0 Å². The number of rotatable bonds is 2. The molecule has 0 amide bonds. The van der Waals surface area contributed by atoms with Gasteiger partial charge in [0.15, 0.2) is 5.65 Å². The number of aromatic nitrogens is 3. The van der Waals surface area contributed by atoms with Crippen LogP contribution < -0.4 is 5.32 Å². The van der Waals surface area contributed by atoms with Crippen molar-refractivity contribution in [1.29, 1.82) is 0 Å². The monoisotopic (exact) mass is 276 g/mol. The van der Waals surface area contributed by atoms with Gasteiger partial charge in [0, 0.05) is 12.6 Å². The number of anilines is 1. The summed E-state index contributed by atoms with van der Waals surface area (Å²) in [5.41, 5.74) is 2.01. The second-order valence-corrected chi connectivity index (χ2v) is 4.44. The van der Waals surface area contributed by atoms with Gasteiger partial charge in [-0.2, -0.15) is 0 Å². The van der Waals surface area contributed by atoms with Crippen molar-refractivity contribution in [3.05, 3.63) is 41.2 Å². The maximum atomic E-state index is 13.4. The van der Waals surface area contributed by atoms with Gasteiger partial charge in [0.05, 0.1) is 10.5 Å². The van der Waals surface area contributed by atoms with Crippen molar-refractivity contribution in [2.24, 2.45) is 0 Å². The highest BCUT2D eigenvalue weighted by Crippen LogP contribution is 2.24. The molecule has 0 aliphatic carbocycles. The van der Waals surface area contributed by atoms with E-state index in [1.165, 1.54) is 12.1 Å². The Labute approximate surface area is 113 Å². The van der Waals surface area contributed by atoms with E-state index in [1.54, 1.807) is 13.1 Å². The normalized spacial score (nSPS) is 10.9. The van der Waals surface area contributed by atoms with Gasteiger partial charge in [-0.1, -0.05) is 11.6 Å². The predicted molar refractivity (Wildman–Crippen MR) is 73.8 cm³/mol. The molecule has 1 aromatic carbocycles. The van der Waals surface area contributed by atoms with Crippen LogP contribution in [0.2, 0.25) is 5.02 Å². The molecule has 6 heteroatoms. The van der Waals surface area contributed by atoms with Crippen molar-refractivity contribution in [2.75, 3.05) is 12.4 Å². The van der Waals surface area contributed by atoms with Crippen LogP contribution in [0.15, 0.2) is 30.3 Å². The number of H-pyrrole nitrogens is 1. The van der Waals surface area contributed by atoms with E-state index in [-0.39, 0.29) is 5.02 Å². The molecule has 0 bridgehead atoms. The Balaban J connectivity index is 2.11. The van der Waals surface area contributed by atoms with E-state index in [9.17, 15) is 4.39 Å². The summed E-state index contributed by atoms with van der Waals surface area (Å²) in [6.07, 6.45) is 0. The minimum absolute atomic E-state index is 0.0930. The molecule has 19 heavy (non-hydrogen) atoms. The van der Waals surface area contributed by atoms with Crippen molar-refractivity contribution in [3.8, 4) is 11.4 Å². The first-order chi connectivity index (χ1) is 9.17. The maximum absolute atomic E-state index is 13.4. The van der Waals surface area contributed by atoms with Gasteiger partial charge in [0.25, 0.3) is 0 Å². The number of benzene rings is 1. The van der Waals surface area contributed by atoms with E-state index in [0.717, 1.165) is 11.3 Å². The summed E-state index contributed by atoms with van der Waals surface area (Å²) in [4.78, 5) is 11.8. The second-order valence-electron chi connectivity index (χ2n) is 4.03. The van der Waals surface area contributed by atoms with Gasteiger partial charge in [-0.05, 0) is 30.3 Å². The van der Waals surface area contributed by atoms with E-state index in [0.29, 0.717) is 17.0 Å². The van der Waals surface area contributed by atoms with Gasteiger partial charge in [-0.15, -0.1) is 0 Å². The molecule has 0 saturated heterocycles. The highest BCUT2D eigenvalue weighted by Gasteiger charge is 2.09. The molecule has 3 aromatic rings. The van der Waals surface area contributed by atoms with Crippen molar-refractivity contribution >= 4 is 28.6 Å². The summed E-state index contributed by atoms with van der Waals surface area (Å²) in [6, 6.07) is 8.27. The van der Waals surface area contributed by atoms with Crippen LogP contribution in [-0.4, -0.2) is 22.0 Å². The lowest BCUT2D eigenvalue weighted by atomic mass is 10.2.